The first-order valence-electron chi connectivity index (χ1n) is 18.4. The van der Waals surface area contributed by atoms with Crippen molar-refractivity contribution in [2.75, 3.05) is 0 Å². The third-order valence-corrected chi connectivity index (χ3v) is 10.2. The van der Waals surface area contributed by atoms with Crippen LogP contribution in [0.5, 0.6) is 0 Å². The molecule has 0 atom stereocenters. The minimum atomic E-state index is -0.115. The summed E-state index contributed by atoms with van der Waals surface area (Å²) >= 11 is 0. The maximum Gasteiger partial charge on any atom is 0.182 e. The molecule has 1 fully saturated rings. The van der Waals surface area contributed by atoms with E-state index in [9.17, 15) is 0 Å². The summed E-state index contributed by atoms with van der Waals surface area (Å²) in [7, 11) is 0. The molecule has 0 unspecified atom stereocenters. The maximum absolute atomic E-state index is 4.94. The van der Waals surface area contributed by atoms with Crippen LogP contribution in [0.1, 0.15) is 43.2 Å². The van der Waals surface area contributed by atoms with Crippen LogP contribution in [0, 0.1) is 0 Å². The number of benzene rings is 4. The number of hydrogen-bond acceptors (Lipinski definition) is 8. The first-order chi connectivity index (χ1) is 26.7. The van der Waals surface area contributed by atoms with Crippen LogP contribution in [0.4, 0.5) is 0 Å². The highest BCUT2D eigenvalue weighted by atomic mass is 15.1. The Kier molecular flexibility index (Phi) is 8.99. The van der Waals surface area contributed by atoms with Gasteiger partial charge in [0.2, 0.25) is 0 Å². The first kappa shape index (κ1) is 33.1. The van der Waals surface area contributed by atoms with E-state index in [-0.39, 0.29) is 5.41 Å². The largest absolute Gasteiger partial charge is 0.253 e. The molecule has 0 bridgehead atoms. The summed E-state index contributed by atoms with van der Waals surface area (Å²) < 4.78 is 0. The molecule has 0 amide bonds. The van der Waals surface area contributed by atoms with Gasteiger partial charge < -0.3 is 0 Å². The maximum atomic E-state index is 4.94. The minimum absolute atomic E-state index is 0.115. The Hall–Kier alpha value is -6.80. The normalized spacial score (nSPS) is 13.7. The van der Waals surface area contributed by atoms with E-state index in [0.717, 1.165) is 35.1 Å². The van der Waals surface area contributed by atoms with E-state index in [1.807, 2.05) is 97.1 Å². The molecule has 9 rings (SSSR count). The molecule has 0 aliphatic heterocycles. The Bertz CT molecular complexity index is 2200. The molecule has 0 saturated heterocycles. The molecule has 54 heavy (non-hydrogen) atoms. The molecule has 8 heteroatoms. The third-order valence-electron chi connectivity index (χ3n) is 10.2. The molecule has 4 heterocycles. The van der Waals surface area contributed by atoms with Gasteiger partial charge in [0.1, 0.15) is 11.4 Å². The summed E-state index contributed by atoms with van der Waals surface area (Å²) in [5, 5.41) is 0. The summed E-state index contributed by atoms with van der Waals surface area (Å²) in [6, 6.07) is 49.3. The van der Waals surface area contributed by atoms with Gasteiger partial charge in [-0.15, -0.1) is 0 Å². The quantitative estimate of drug-likeness (QED) is 0.154. The van der Waals surface area contributed by atoms with Gasteiger partial charge in [0.25, 0.3) is 0 Å². The second kappa shape index (κ2) is 14.7. The van der Waals surface area contributed by atoms with Crippen LogP contribution >= 0.6 is 0 Å². The molecular formula is C46H36N8. The third kappa shape index (κ3) is 6.65. The molecule has 0 radical (unpaired) electrons. The van der Waals surface area contributed by atoms with Crippen LogP contribution in [-0.2, 0) is 5.41 Å². The average Bonchev–Trinajstić information content (AvgIpc) is 3.27. The van der Waals surface area contributed by atoms with E-state index in [4.69, 9.17) is 29.9 Å². The number of hydrogen-bond donors (Lipinski definition) is 0. The van der Waals surface area contributed by atoms with Crippen molar-refractivity contribution in [3.8, 4) is 68.6 Å². The molecule has 260 valence electrons. The van der Waals surface area contributed by atoms with Crippen molar-refractivity contribution in [2.45, 2.75) is 37.5 Å². The lowest BCUT2D eigenvalue weighted by Gasteiger charge is -2.39. The molecule has 1 aliphatic rings. The summed E-state index contributed by atoms with van der Waals surface area (Å²) in [6.45, 7) is 0. The first-order valence-corrected chi connectivity index (χ1v) is 18.4. The van der Waals surface area contributed by atoms with E-state index in [0.29, 0.717) is 46.3 Å². The lowest BCUT2D eigenvalue weighted by molar-refractivity contribution is 0.346. The van der Waals surface area contributed by atoms with Gasteiger partial charge in [-0.25, -0.2) is 29.9 Å². The lowest BCUT2D eigenvalue weighted by Crippen LogP contribution is -2.30. The number of pyridine rings is 2. The highest BCUT2D eigenvalue weighted by Gasteiger charge is 2.36. The summed E-state index contributed by atoms with van der Waals surface area (Å²) in [5.41, 5.74) is 7.63. The van der Waals surface area contributed by atoms with E-state index in [1.165, 1.54) is 30.4 Å². The topological polar surface area (TPSA) is 103 Å². The van der Waals surface area contributed by atoms with Crippen LogP contribution in [-0.4, -0.2) is 39.9 Å². The van der Waals surface area contributed by atoms with Gasteiger partial charge in [-0.2, -0.15) is 0 Å². The number of nitrogens with zero attached hydrogens (tertiary/aromatic N) is 8. The summed E-state index contributed by atoms with van der Waals surface area (Å²) in [5.74, 6) is 3.58. The predicted octanol–water partition coefficient (Wildman–Crippen LogP) is 10.1. The standard InChI is InChI=1S/C46H36N8/c1-4-14-32(15-5-1)40-49-42(53-44(51-40)38-18-8-12-30-47-38)34-20-24-36(25-21-34)46(28-10-3-11-29-46)37-26-22-35(23-27-37)43-50-41(33-16-6-2-7-17-33)52-45(54-43)39-19-9-13-31-48-39/h1-2,4-9,12-27,30-31H,3,10-11,28-29H2. The van der Waals surface area contributed by atoms with Crippen molar-refractivity contribution in [3.05, 3.63) is 169 Å². The van der Waals surface area contributed by atoms with Gasteiger partial charge in [0.15, 0.2) is 34.9 Å². The Balaban J connectivity index is 1.07. The van der Waals surface area contributed by atoms with Gasteiger partial charge in [-0.05, 0) is 48.2 Å². The monoisotopic (exact) mass is 700 g/mol. The molecule has 0 N–H and O–H groups in total. The fourth-order valence-electron chi connectivity index (χ4n) is 7.44. The smallest absolute Gasteiger partial charge is 0.182 e. The Morgan fingerprint density at radius 2 is 0.667 bits per heavy atom. The van der Waals surface area contributed by atoms with Crippen LogP contribution < -0.4 is 0 Å². The Morgan fingerprint density at radius 3 is 1.04 bits per heavy atom. The van der Waals surface area contributed by atoms with Crippen molar-refractivity contribution in [3.63, 3.8) is 0 Å². The van der Waals surface area contributed by atoms with E-state index in [2.05, 4.69) is 58.5 Å². The highest BCUT2D eigenvalue weighted by Crippen LogP contribution is 2.45. The highest BCUT2D eigenvalue weighted by molar-refractivity contribution is 5.67. The van der Waals surface area contributed by atoms with Crippen LogP contribution in [0.15, 0.2) is 158 Å². The number of rotatable bonds is 8. The van der Waals surface area contributed by atoms with Crippen molar-refractivity contribution < 1.29 is 0 Å². The van der Waals surface area contributed by atoms with Crippen LogP contribution in [0.3, 0.4) is 0 Å². The molecule has 1 aliphatic carbocycles. The van der Waals surface area contributed by atoms with Crippen LogP contribution in [0.2, 0.25) is 0 Å². The lowest BCUT2D eigenvalue weighted by atomic mass is 9.65. The van der Waals surface area contributed by atoms with Crippen molar-refractivity contribution in [2.24, 2.45) is 0 Å². The molecule has 8 nitrogen and oxygen atoms in total. The minimum Gasteiger partial charge on any atom is -0.253 e. The Labute approximate surface area is 314 Å². The fraction of sp³-hybridized carbons (Fsp3) is 0.130. The van der Waals surface area contributed by atoms with Gasteiger partial charge >= 0.3 is 0 Å². The molecular weight excluding hydrogens is 665 g/mol. The van der Waals surface area contributed by atoms with Gasteiger partial charge in [-0.1, -0.05) is 141 Å². The molecule has 8 aromatic rings. The second-order valence-electron chi connectivity index (χ2n) is 13.6. The number of aromatic nitrogens is 8. The fourth-order valence-corrected chi connectivity index (χ4v) is 7.44. The molecule has 1 saturated carbocycles. The molecule has 4 aromatic carbocycles. The molecule has 4 aromatic heterocycles. The zero-order chi connectivity index (χ0) is 36.2. The predicted molar refractivity (Wildman–Crippen MR) is 212 cm³/mol. The SMILES string of the molecule is c1ccc(-c2nc(-c3ccc(C4(c5ccc(-c6nc(-c7ccccc7)nc(-c7ccccn7)n6)cc5)CCCCC4)cc3)nc(-c3ccccn3)n2)cc1. The average molecular weight is 701 g/mol. The van der Waals surface area contributed by atoms with E-state index in [1.54, 1.807) is 12.4 Å². The van der Waals surface area contributed by atoms with Crippen molar-refractivity contribution in [1.29, 1.82) is 0 Å². The Morgan fingerprint density at radius 1 is 0.315 bits per heavy atom. The van der Waals surface area contributed by atoms with Gasteiger partial charge in [0, 0.05) is 40.1 Å². The summed E-state index contributed by atoms with van der Waals surface area (Å²) in [6.07, 6.45) is 9.26. The zero-order valence-electron chi connectivity index (χ0n) is 29.6. The van der Waals surface area contributed by atoms with Gasteiger partial charge in [-0.3, -0.25) is 9.97 Å². The van der Waals surface area contributed by atoms with Crippen molar-refractivity contribution >= 4 is 0 Å². The van der Waals surface area contributed by atoms with Crippen LogP contribution in [0.25, 0.3) is 68.6 Å². The zero-order valence-corrected chi connectivity index (χ0v) is 29.6. The second-order valence-corrected chi connectivity index (χ2v) is 13.6. The summed E-state index contributed by atoms with van der Waals surface area (Å²) in [4.78, 5) is 38.4. The van der Waals surface area contributed by atoms with Gasteiger partial charge in [0.05, 0.1) is 0 Å². The van der Waals surface area contributed by atoms with E-state index >= 15 is 0 Å². The van der Waals surface area contributed by atoms with E-state index < -0.39 is 0 Å². The van der Waals surface area contributed by atoms with Crippen molar-refractivity contribution in [1.82, 2.24) is 39.9 Å². The molecule has 0 spiro atoms.